The number of fused-ring (bicyclic) bond motifs is 1. The van der Waals surface area contributed by atoms with Gasteiger partial charge < -0.3 is 14.6 Å². The topological polar surface area (TPSA) is 63.3 Å². The maximum Gasteiger partial charge on any atom is 0.410 e. The van der Waals surface area contributed by atoms with Gasteiger partial charge in [-0.15, -0.1) is 0 Å². The molecule has 0 saturated heterocycles. The first-order valence-electron chi connectivity index (χ1n) is 9.80. The van der Waals surface area contributed by atoms with Crippen molar-refractivity contribution < 1.29 is 22.4 Å². The van der Waals surface area contributed by atoms with E-state index in [4.69, 9.17) is 4.42 Å². The van der Waals surface area contributed by atoms with E-state index in [9.17, 15) is 18.0 Å². The molecule has 3 heterocycles. The zero-order valence-electron chi connectivity index (χ0n) is 16.2. The fraction of sp³-hybridized carbons (Fsp3) is 0.579. The van der Waals surface area contributed by atoms with Crippen LogP contribution in [-0.4, -0.2) is 39.9 Å². The van der Waals surface area contributed by atoms with Gasteiger partial charge >= 0.3 is 6.18 Å². The molecule has 1 aliphatic heterocycles. The fourth-order valence-corrected chi connectivity index (χ4v) is 5.09. The van der Waals surface area contributed by atoms with E-state index in [1.807, 2.05) is 0 Å². The minimum Gasteiger partial charge on any atom is -0.452 e. The standard InChI is InChI=1S/C19H21Br2F3N4O2/c1-27(10-5-3-2-4-6-10)18(29)16-15(21)17-25-11(12-7-8-14(20)30-12)9-13(19(22,23)24)28(17)26-16/h7-8,10-11,13,25H,2-6,9H2,1H3/t11-,13+/m0/s1. The van der Waals surface area contributed by atoms with E-state index in [0.717, 1.165) is 36.8 Å². The number of alkyl halides is 3. The lowest BCUT2D eigenvalue weighted by molar-refractivity contribution is -0.174. The van der Waals surface area contributed by atoms with Crippen molar-refractivity contribution in [1.29, 1.82) is 0 Å². The Hall–Kier alpha value is -1.49. The summed E-state index contributed by atoms with van der Waals surface area (Å²) >= 11 is 6.51. The van der Waals surface area contributed by atoms with Crippen molar-refractivity contribution in [3.05, 3.63) is 32.7 Å². The Balaban J connectivity index is 1.68. The lowest BCUT2D eigenvalue weighted by Crippen LogP contribution is -2.39. The van der Waals surface area contributed by atoms with Crippen LogP contribution in [0, 0.1) is 0 Å². The highest BCUT2D eigenvalue weighted by molar-refractivity contribution is 9.10. The molecule has 2 aliphatic rings. The first kappa shape index (κ1) is 21.7. The van der Waals surface area contributed by atoms with Gasteiger partial charge in [-0.1, -0.05) is 19.3 Å². The third-order valence-electron chi connectivity index (χ3n) is 5.88. The van der Waals surface area contributed by atoms with Crippen LogP contribution in [0.4, 0.5) is 19.0 Å². The van der Waals surface area contributed by atoms with Crippen molar-refractivity contribution >= 4 is 43.6 Å². The quantitative estimate of drug-likeness (QED) is 0.501. The SMILES string of the molecule is CN(C(=O)c1nn2c(c1Br)N[C@H](c1ccc(Br)o1)C[C@@H]2C(F)(F)F)C1CCCCC1. The van der Waals surface area contributed by atoms with Gasteiger partial charge in [0, 0.05) is 19.5 Å². The molecule has 2 aromatic heterocycles. The maximum absolute atomic E-state index is 13.9. The number of rotatable bonds is 3. The monoisotopic (exact) mass is 552 g/mol. The summed E-state index contributed by atoms with van der Waals surface area (Å²) in [4.78, 5) is 14.7. The van der Waals surface area contributed by atoms with Crippen molar-refractivity contribution in [3.63, 3.8) is 0 Å². The third-order valence-corrected chi connectivity index (χ3v) is 7.06. The molecule has 1 amide bonds. The molecule has 6 nitrogen and oxygen atoms in total. The molecule has 1 N–H and O–H groups in total. The van der Waals surface area contributed by atoms with Crippen LogP contribution < -0.4 is 5.32 Å². The van der Waals surface area contributed by atoms with Gasteiger partial charge in [0.25, 0.3) is 5.91 Å². The number of carbonyl (C=O) groups is 1. The molecule has 0 aromatic carbocycles. The Morgan fingerprint density at radius 1 is 1.27 bits per heavy atom. The summed E-state index contributed by atoms with van der Waals surface area (Å²) in [5, 5.41) is 7.16. The van der Waals surface area contributed by atoms with Crippen LogP contribution >= 0.6 is 31.9 Å². The van der Waals surface area contributed by atoms with Gasteiger partial charge in [-0.05, 0) is 56.8 Å². The van der Waals surface area contributed by atoms with Crippen LogP contribution in [0.2, 0.25) is 0 Å². The summed E-state index contributed by atoms with van der Waals surface area (Å²) in [5.41, 5.74) is -0.0129. The van der Waals surface area contributed by atoms with Crippen molar-refractivity contribution in [1.82, 2.24) is 14.7 Å². The average Bonchev–Trinajstić information content (AvgIpc) is 3.29. The number of anilines is 1. The maximum atomic E-state index is 13.9. The Morgan fingerprint density at radius 3 is 2.57 bits per heavy atom. The van der Waals surface area contributed by atoms with Gasteiger partial charge in [0.2, 0.25) is 0 Å². The number of amides is 1. The number of aromatic nitrogens is 2. The van der Waals surface area contributed by atoms with Crippen LogP contribution in [0.1, 0.15) is 66.9 Å². The van der Waals surface area contributed by atoms with Crippen LogP contribution in [0.15, 0.2) is 25.7 Å². The van der Waals surface area contributed by atoms with Crippen molar-refractivity contribution in [3.8, 4) is 0 Å². The smallest absolute Gasteiger partial charge is 0.410 e. The van der Waals surface area contributed by atoms with Crippen molar-refractivity contribution in [2.45, 2.75) is 62.8 Å². The second-order valence-corrected chi connectivity index (χ2v) is 9.37. The predicted molar refractivity (Wildman–Crippen MR) is 111 cm³/mol. The van der Waals surface area contributed by atoms with E-state index < -0.39 is 18.3 Å². The van der Waals surface area contributed by atoms with Crippen LogP contribution in [0.5, 0.6) is 0 Å². The number of furan rings is 1. The van der Waals surface area contributed by atoms with Gasteiger partial charge in [0.15, 0.2) is 16.4 Å². The summed E-state index contributed by atoms with van der Waals surface area (Å²) in [7, 11) is 1.70. The van der Waals surface area contributed by atoms with Crippen molar-refractivity contribution in [2.75, 3.05) is 12.4 Å². The van der Waals surface area contributed by atoms with E-state index >= 15 is 0 Å². The zero-order valence-corrected chi connectivity index (χ0v) is 19.3. The number of hydrogen-bond acceptors (Lipinski definition) is 4. The molecule has 2 aromatic rings. The molecule has 11 heteroatoms. The molecule has 1 fully saturated rings. The number of nitrogens with one attached hydrogen (secondary N) is 1. The van der Waals surface area contributed by atoms with Gasteiger partial charge in [-0.25, -0.2) is 4.68 Å². The molecule has 0 unspecified atom stereocenters. The van der Waals surface area contributed by atoms with E-state index in [1.165, 1.54) is 0 Å². The normalized spacial score (nSPS) is 22.5. The summed E-state index contributed by atoms with van der Waals surface area (Å²) in [6, 6.07) is 0.756. The molecule has 30 heavy (non-hydrogen) atoms. The summed E-state index contributed by atoms with van der Waals surface area (Å²) < 4.78 is 48.6. The van der Waals surface area contributed by atoms with Gasteiger partial charge in [0.1, 0.15) is 11.6 Å². The first-order valence-corrected chi connectivity index (χ1v) is 11.4. The number of nitrogens with zero attached hydrogens (tertiary/aromatic N) is 3. The highest BCUT2D eigenvalue weighted by Gasteiger charge is 2.48. The molecule has 1 aliphatic carbocycles. The average molecular weight is 554 g/mol. The third kappa shape index (κ3) is 4.02. The van der Waals surface area contributed by atoms with Gasteiger partial charge in [-0.3, -0.25) is 4.79 Å². The van der Waals surface area contributed by atoms with E-state index in [1.54, 1.807) is 24.1 Å². The van der Waals surface area contributed by atoms with Crippen LogP contribution in [0.25, 0.3) is 0 Å². The van der Waals surface area contributed by atoms with Crippen LogP contribution in [-0.2, 0) is 0 Å². The molecule has 164 valence electrons. The lowest BCUT2D eigenvalue weighted by atomic mass is 9.94. The molecule has 0 bridgehead atoms. The number of halogens is 5. The molecule has 1 saturated carbocycles. The largest absolute Gasteiger partial charge is 0.452 e. The van der Waals surface area contributed by atoms with Crippen LogP contribution in [0.3, 0.4) is 0 Å². The summed E-state index contributed by atoms with van der Waals surface area (Å²) in [6.07, 6.45) is 0.195. The number of carbonyl (C=O) groups excluding carboxylic acids is 1. The van der Waals surface area contributed by atoms with Gasteiger partial charge in [-0.2, -0.15) is 18.3 Å². The highest BCUT2D eigenvalue weighted by Crippen LogP contribution is 2.46. The zero-order chi connectivity index (χ0) is 21.6. The molecular formula is C19H21Br2F3N4O2. The summed E-state index contributed by atoms with van der Waals surface area (Å²) in [5.74, 6) is 0.125. The van der Waals surface area contributed by atoms with E-state index in [0.29, 0.717) is 10.4 Å². The highest BCUT2D eigenvalue weighted by atomic mass is 79.9. The Kier molecular flexibility index (Phi) is 5.95. The van der Waals surface area contributed by atoms with E-state index in [-0.39, 0.29) is 34.4 Å². The van der Waals surface area contributed by atoms with Gasteiger partial charge in [0.05, 0.1) is 10.5 Å². The molecule has 0 radical (unpaired) electrons. The Bertz CT molecular complexity index is 937. The van der Waals surface area contributed by atoms with Crippen molar-refractivity contribution in [2.24, 2.45) is 0 Å². The summed E-state index contributed by atoms with van der Waals surface area (Å²) in [6.45, 7) is 0. The first-order chi connectivity index (χ1) is 14.2. The second kappa shape index (κ2) is 8.22. The molecule has 4 rings (SSSR count). The minimum atomic E-state index is -4.53. The fourth-order valence-electron chi connectivity index (χ4n) is 4.23. The molecular weight excluding hydrogens is 533 g/mol. The van der Waals surface area contributed by atoms with E-state index in [2.05, 4.69) is 42.3 Å². The Morgan fingerprint density at radius 2 is 1.97 bits per heavy atom. The second-order valence-electron chi connectivity index (χ2n) is 7.80. The molecule has 2 atom stereocenters. The minimum absolute atomic E-state index is 0.0129. The predicted octanol–water partition coefficient (Wildman–Crippen LogP) is 6.07. The molecule has 0 spiro atoms. The lowest BCUT2D eigenvalue weighted by Gasteiger charge is -2.32. The number of hydrogen-bond donors (Lipinski definition) is 1. The Labute approximate surface area is 188 Å².